The van der Waals surface area contributed by atoms with Crippen molar-refractivity contribution in [2.75, 3.05) is 20.8 Å². The van der Waals surface area contributed by atoms with Crippen molar-refractivity contribution in [2.45, 2.75) is 13.0 Å². The molecular weight excluding hydrogens is 358 g/mol. The number of nitrogens with one attached hydrogen (secondary N) is 1. The Kier molecular flexibility index (Phi) is 5.84. The number of guanidine groups is 1. The zero-order chi connectivity index (χ0) is 20.1. The second kappa shape index (κ2) is 8.47. The van der Waals surface area contributed by atoms with Gasteiger partial charge in [-0.1, -0.05) is 36.4 Å². The molecule has 0 radical (unpaired) electrons. The van der Waals surface area contributed by atoms with E-state index in [9.17, 15) is 4.79 Å². The average molecular weight is 381 g/mol. The number of esters is 1. The zero-order valence-electron chi connectivity index (χ0n) is 16.1. The van der Waals surface area contributed by atoms with Gasteiger partial charge in [-0.15, -0.1) is 0 Å². The first-order valence-corrected chi connectivity index (χ1v) is 8.88. The van der Waals surface area contributed by atoms with Crippen LogP contribution in [0.1, 0.15) is 24.1 Å². The molecule has 1 aliphatic rings. The van der Waals surface area contributed by atoms with Gasteiger partial charge in [-0.2, -0.15) is 0 Å². The van der Waals surface area contributed by atoms with Gasteiger partial charge in [-0.05, 0) is 30.2 Å². The SMILES string of the molecule is CCOC(=O)C1=C(c2ccccc2)NC(N)=NC1c1ccc(OC)c(OC)c1. The summed E-state index contributed by atoms with van der Waals surface area (Å²) in [6.07, 6.45) is 0. The van der Waals surface area contributed by atoms with Gasteiger partial charge in [0.1, 0.15) is 6.04 Å². The molecule has 0 saturated carbocycles. The Morgan fingerprint density at radius 2 is 1.82 bits per heavy atom. The van der Waals surface area contributed by atoms with Crippen molar-refractivity contribution in [3.8, 4) is 11.5 Å². The molecule has 3 N–H and O–H groups in total. The number of rotatable bonds is 6. The Bertz CT molecular complexity index is 923. The minimum Gasteiger partial charge on any atom is -0.493 e. The van der Waals surface area contributed by atoms with E-state index in [-0.39, 0.29) is 12.6 Å². The molecule has 1 unspecified atom stereocenters. The van der Waals surface area contributed by atoms with Gasteiger partial charge in [0.15, 0.2) is 17.5 Å². The lowest BCUT2D eigenvalue weighted by molar-refractivity contribution is -0.138. The van der Waals surface area contributed by atoms with Crippen LogP contribution in [-0.2, 0) is 9.53 Å². The van der Waals surface area contributed by atoms with E-state index in [0.29, 0.717) is 22.8 Å². The Morgan fingerprint density at radius 3 is 2.46 bits per heavy atom. The van der Waals surface area contributed by atoms with Crippen LogP contribution in [0.2, 0.25) is 0 Å². The summed E-state index contributed by atoms with van der Waals surface area (Å²) in [5.41, 5.74) is 8.56. The summed E-state index contributed by atoms with van der Waals surface area (Å²) in [7, 11) is 3.12. The highest BCUT2D eigenvalue weighted by atomic mass is 16.5. The number of nitrogens with two attached hydrogens (primary N) is 1. The third kappa shape index (κ3) is 3.78. The van der Waals surface area contributed by atoms with Gasteiger partial charge in [0.25, 0.3) is 0 Å². The average Bonchev–Trinajstić information content (AvgIpc) is 2.73. The highest BCUT2D eigenvalue weighted by Crippen LogP contribution is 2.38. The summed E-state index contributed by atoms with van der Waals surface area (Å²) < 4.78 is 16.0. The number of hydrogen-bond acceptors (Lipinski definition) is 7. The van der Waals surface area contributed by atoms with E-state index >= 15 is 0 Å². The molecule has 7 heteroatoms. The molecule has 1 aliphatic heterocycles. The van der Waals surface area contributed by atoms with Gasteiger partial charge in [-0.3, -0.25) is 0 Å². The van der Waals surface area contributed by atoms with Crippen molar-refractivity contribution in [3.63, 3.8) is 0 Å². The number of carbonyl (C=O) groups is 1. The Labute approximate surface area is 163 Å². The van der Waals surface area contributed by atoms with Crippen molar-refractivity contribution in [1.29, 1.82) is 0 Å². The summed E-state index contributed by atoms with van der Waals surface area (Å²) in [5, 5.41) is 3.02. The molecule has 28 heavy (non-hydrogen) atoms. The molecule has 7 nitrogen and oxygen atoms in total. The van der Waals surface area contributed by atoms with Crippen LogP contribution < -0.4 is 20.5 Å². The van der Waals surface area contributed by atoms with Crippen molar-refractivity contribution < 1.29 is 19.0 Å². The number of nitrogens with zero attached hydrogens (tertiary/aromatic N) is 1. The number of carbonyl (C=O) groups excluding carboxylic acids is 1. The highest BCUT2D eigenvalue weighted by Gasteiger charge is 2.32. The predicted molar refractivity (Wildman–Crippen MR) is 107 cm³/mol. The Morgan fingerprint density at radius 1 is 1.11 bits per heavy atom. The van der Waals surface area contributed by atoms with E-state index in [2.05, 4.69) is 10.3 Å². The van der Waals surface area contributed by atoms with Crippen molar-refractivity contribution in [2.24, 2.45) is 10.7 Å². The second-order valence-corrected chi connectivity index (χ2v) is 6.03. The largest absolute Gasteiger partial charge is 0.493 e. The Hall–Kier alpha value is -3.48. The molecule has 0 spiro atoms. The first-order valence-electron chi connectivity index (χ1n) is 8.88. The molecule has 0 aliphatic carbocycles. The second-order valence-electron chi connectivity index (χ2n) is 6.03. The zero-order valence-corrected chi connectivity index (χ0v) is 16.1. The fraction of sp³-hybridized carbons (Fsp3) is 0.238. The van der Waals surface area contributed by atoms with Crippen LogP contribution in [0.25, 0.3) is 5.70 Å². The molecular formula is C21H23N3O4. The molecule has 0 bridgehead atoms. The topological polar surface area (TPSA) is 95.2 Å². The Balaban J connectivity index is 2.18. The maximum atomic E-state index is 12.9. The lowest BCUT2D eigenvalue weighted by atomic mass is 9.93. The molecule has 1 heterocycles. The van der Waals surface area contributed by atoms with Crippen LogP contribution in [0.5, 0.6) is 11.5 Å². The number of benzene rings is 2. The first-order chi connectivity index (χ1) is 13.6. The van der Waals surface area contributed by atoms with Crippen LogP contribution >= 0.6 is 0 Å². The van der Waals surface area contributed by atoms with Crippen LogP contribution in [0.3, 0.4) is 0 Å². The van der Waals surface area contributed by atoms with E-state index in [1.807, 2.05) is 36.4 Å². The van der Waals surface area contributed by atoms with Gasteiger partial charge < -0.3 is 25.3 Å². The van der Waals surface area contributed by atoms with Gasteiger partial charge in [-0.25, -0.2) is 9.79 Å². The highest BCUT2D eigenvalue weighted by molar-refractivity contribution is 6.04. The van der Waals surface area contributed by atoms with E-state index < -0.39 is 12.0 Å². The predicted octanol–water partition coefficient (Wildman–Crippen LogP) is 2.64. The lowest BCUT2D eigenvalue weighted by Crippen LogP contribution is -2.37. The molecule has 1 atom stereocenters. The minimum atomic E-state index is -0.643. The number of ether oxygens (including phenoxy) is 3. The maximum Gasteiger partial charge on any atom is 0.338 e. The smallest absolute Gasteiger partial charge is 0.338 e. The van der Waals surface area contributed by atoms with E-state index in [1.54, 1.807) is 33.3 Å². The van der Waals surface area contributed by atoms with Gasteiger partial charge in [0, 0.05) is 0 Å². The summed E-state index contributed by atoms with van der Waals surface area (Å²) >= 11 is 0. The van der Waals surface area contributed by atoms with Crippen molar-refractivity contribution in [1.82, 2.24) is 5.32 Å². The fourth-order valence-electron chi connectivity index (χ4n) is 3.09. The fourth-order valence-corrected chi connectivity index (χ4v) is 3.09. The van der Waals surface area contributed by atoms with Gasteiger partial charge >= 0.3 is 5.97 Å². The maximum absolute atomic E-state index is 12.9. The van der Waals surface area contributed by atoms with E-state index in [0.717, 1.165) is 11.1 Å². The van der Waals surface area contributed by atoms with Crippen LogP contribution in [-0.4, -0.2) is 32.8 Å². The standard InChI is InChI=1S/C21H23N3O4/c1-4-28-20(25)17-18(13-8-6-5-7-9-13)23-21(22)24-19(17)14-10-11-15(26-2)16(12-14)27-3/h5-12,19H,4H2,1-3H3,(H3,22,23,24). The third-order valence-corrected chi connectivity index (χ3v) is 4.35. The molecule has 0 aromatic heterocycles. The molecule has 0 saturated heterocycles. The third-order valence-electron chi connectivity index (χ3n) is 4.35. The van der Waals surface area contributed by atoms with E-state index in [4.69, 9.17) is 19.9 Å². The number of hydrogen-bond donors (Lipinski definition) is 2. The van der Waals surface area contributed by atoms with Gasteiger partial charge in [0.2, 0.25) is 0 Å². The van der Waals surface area contributed by atoms with Crippen molar-refractivity contribution >= 4 is 17.6 Å². The molecule has 2 aromatic carbocycles. The van der Waals surface area contributed by atoms with Crippen LogP contribution in [0.4, 0.5) is 0 Å². The lowest BCUT2D eigenvalue weighted by Gasteiger charge is -2.26. The summed E-state index contributed by atoms with van der Waals surface area (Å²) in [6.45, 7) is 2.02. The molecule has 2 aromatic rings. The van der Waals surface area contributed by atoms with Crippen molar-refractivity contribution in [3.05, 3.63) is 65.2 Å². The summed E-state index contributed by atoms with van der Waals surface area (Å²) in [6, 6.07) is 14.2. The quantitative estimate of drug-likeness (QED) is 0.747. The van der Waals surface area contributed by atoms with E-state index in [1.165, 1.54) is 0 Å². The minimum absolute atomic E-state index is 0.215. The first kappa shape index (κ1) is 19.3. The molecule has 3 rings (SSSR count). The monoisotopic (exact) mass is 381 g/mol. The van der Waals surface area contributed by atoms with Crippen LogP contribution in [0, 0.1) is 0 Å². The molecule has 0 amide bonds. The number of methoxy groups -OCH3 is 2. The molecule has 146 valence electrons. The number of aliphatic imine (C=N–C) groups is 1. The summed E-state index contributed by atoms with van der Waals surface area (Å²) in [5.74, 6) is 0.885. The summed E-state index contributed by atoms with van der Waals surface area (Å²) in [4.78, 5) is 17.3. The normalized spacial score (nSPS) is 16.1. The van der Waals surface area contributed by atoms with Gasteiger partial charge in [0.05, 0.1) is 32.1 Å². The van der Waals surface area contributed by atoms with Crippen LogP contribution in [0.15, 0.2) is 59.1 Å². The molecule has 0 fully saturated rings.